The third kappa shape index (κ3) is 2.39. The molecule has 3 rings (SSSR count). The quantitative estimate of drug-likeness (QED) is 0.757. The number of para-hydroxylation sites is 1. The molecule has 20 heavy (non-hydrogen) atoms. The number of sulfonamides is 1. The van der Waals surface area contributed by atoms with E-state index in [1.807, 2.05) is 12.1 Å². The van der Waals surface area contributed by atoms with Crippen LogP contribution in [0.3, 0.4) is 0 Å². The lowest BCUT2D eigenvalue weighted by Crippen LogP contribution is -2.13. The minimum Gasteiger partial charge on any atom is -0.334 e. The van der Waals surface area contributed by atoms with E-state index in [4.69, 9.17) is 0 Å². The maximum absolute atomic E-state index is 12.2. The van der Waals surface area contributed by atoms with E-state index in [-0.39, 0.29) is 5.03 Å². The summed E-state index contributed by atoms with van der Waals surface area (Å²) in [4.78, 5) is 10.5. The van der Waals surface area contributed by atoms with E-state index in [1.165, 1.54) is 12.5 Å². The first kappa shape index (κ1) is 13.1. The van der Waals surface area contributed by atoms with Crippen LogP contribution in [0.25, 0.3) is 10.9 Å². The van der Waals surface area contributed by atoms with E-state index >= 15 is 0 Å². The summed E-state index contributed by atoms with van der Waals surface area (Å²) in [7, 11) is -3.69. The van der Waals surface area contributed by atoms with E-state index in [1.54, 1.807) is 18.3 Å². The van der Waals surface area contributed by atoms with Crippen LogP contribution in [0.5, 0.6) is 0 Å². The van der Waals surface area contributed by atoms with Crippen LogP contribution in [-0.4, -0.2) is 23.4 Å². The number of H-pyrrole nitrogens is 1. The molecule has 0 fully saturated rings. The van der Waals surface area contributed by atoms with Gasteiger partial charge in [-0.15, -0.1) is 0 Å². The molecule has 0 spiro atoms. The van der Waals surface area contributed by atoms with E-state index in [9.17, 15) is 8.42 Å². The lowest BCUT2D eigenvalue weighted by atomic mass is 10.2. The second-order valence-electron chi connectivity index (χ2n) is 4.05. The summed E-state index contributed by atoms with van der Waals surface area (Å²) in [5.41, 5.74) is 1.00. The van der Waals surface area contributed by atoms with E-state index in [2.05, 4.69) is 35.6 Å². The van der Waals surface area contributed by atoms with Gasteiger partial charge in [-0.2, -0.15) is 8.42 Å². The molecule has 0 unspecified atom stereocenters. The molecule has 2 aromatic heterocycles. The molecule has 0 aliphatic rings. The Morgan fingerprint density at radius 1 is 1.25 bits per heavy atom. The van der Waals surface area contributed by atoms with E-state index in [0.717, 1.165) is 9.86 Å². The van der Waals surface area contributed by atoms with Gasteiger partial charge in [-0.3, -0.25) is 9.71 Å². The number of nitrogens with zero attached hydrogens (tertiary/aromatic N) is 2. The minimum absolute atomic E-state index is 0.00612. The zero-order valence-electron chi connectivity index (χ0n) is 10.0. The first-order valence-electron chi connectivity index (χ1n) is 5.62. The van der Waals surface area contributed by atoms with Gasteiger partial charge in [0.2, 0.25) is 0 Å². The molecule has 0 atom stereocenters. The lowest BCUT2D eigenvalue weighted by Gasteiger charge is -2.08. The lowest BCUT2D eigenvalue weighted by molar-refractivity contribution is 0.598. The van der Waals surface area contributed by atoms with Crippen LogP contribution in [0.2, 0.25) is 0 Å². The highest BCUT2D eigenvalue weighted by molar-refractivity contribution is 9.10. The first-order valence-corrected chi connectivity index (χ1v) is 7.89. The van der Waals surface area contributed by atoms with Crippen molar-refractivity contribution in [3.63, 3.8) is 0 Å². The standard InChI is InChI=1S/C12H9BrN4O2S/c13-9-4-8-2-1-3-10(12(8)15-5-9)17-20(18,19)11-6-14-7-16-11/h1-7,17H,(H,14,16). The van der Waals surface area contributed by atoms with Gasteiger partial charge in [0.15, 0.2) is 5.03 Å². The van der Waals surface area contributed by atoms with Crippen LogP contribution in [0.15, 0.2) is 52.5 Å². The van der Waals surface area contributed by atoms with Gasteiger partial charge >= 0.3 is 0 Å². The van der Waals surface area contributed by atoms with E-state index in [0.29, 0.717) is 11.2 Å². The fourth-order valence-corrected chi connectivity index (χ4v) is 3.13. The third-order valence-electron chi connectivity index (χ3n) is 2.68. The normalized spacial score (nSPS) is 11.7. The van der Waals surface area contributed by atoms with Gasteiger partial charge in [-0.05, 0) is 28.1 Å². The molecule has 2 N–H and O–H groups in total. The number of nitrogens with one attached hydrogen (secondary N) is 2. The van der Waals surface area contributed by atoms with Crippen LogP contribution >= 0.6 is 15.9 Å². The molecule has 6 nitrogen and oxygen atoms in total. The van der Waals surface area contributed by atoms with Crippen molar-refractivity contribution < 1.29 is 8.42 Å². The second kappa shape index (κ2) is 4.88. The Bertz CT molecular complexity index is 862. The van der Waals surface area contributed by atoms with Gasteiger partial charge in [-0.25, -0.2) is 4.98 Å². The predicted octanol–water partition coefficient (Wildman–Crippen LogP) is 2.52. The fourth-order valence-electron chi connectivity index (χ4n) is 1.81. The van der Waals surface area contributed by atoms with Gasteiger partial charge in [0, 0.05) is 16.1 Å². The number of hydrogen-bond donors (Lipinski definition) is 2. The zero-order valence-corrected chi connectivity index (χ0v) is 12.4. The van der Waals surface area contributed by atoms with Crippen molar-refractivity contribution >= 4 is 42.5 Å². The molecule has 0 radical (unpaired) electrons. The van der Waals surface area contributed by atoms with Gasteiger partial charge in [0.1, 0.15) is 0 Å². The Labute approximate surface area is 123 Å². The first-order chi connectivity index (χ1) is 9.56. The summed E-state index contributed by atoms with van der Waals surface area (Å²) in [6.45, 7) is 0. The Kier molecular flexibility index (Phi) is 3.19. The number of imidazole rings is 1. The number of anilines is 1. The topological polar surface area (TPSA) is 87.7 Å². The van der Waals surface area contributed by atoms with Crippen molar-refractivity contribution in [1.29, 1.82) is 0 Å². The van der Waals surface area contributed by atoms with Crippen LogP contribution in [0, 0.1) is 0 Å². The number of aromatic amines is 1. The average molecular weight is 353 g/mol. The average Bonchev–Trinajstić information content (AvgIpc) is 2.93. The van der Waals surface area contributed by atoms with Crippen molar-refractivity contribution in [2.24, 2.45) is 0 Å². The molecule has 0 amide bonds. The summed E-state index contributed by atoms with van der Waals surface area (Å²) in [6.07, 6.45) is 4.18. The predicted molar refractivity (Wildman–Crippen MR) is 78.8 cm³/mol. The molecular formula is C12H9BrN4O2S. The molecule has 0 bridgehead atoms. The van der Waals surface area contributed by atoms with Crippen molar-refractivity contribution in [1.82, 2.24) is 15.0 Å². The number of fused-ring (bicyclic) bond motifs is 1. The second-order valence-corrected chi connectivity index (χ2v) is 6.62. The van der Waals surface area contributed by atoms with Crippen molar-refractivity contribution in [2.75, 3.05) is 4.72 Å². The van der Waals surface area contributed by atoms with Crippen LogP contribution in [0.1, 0.15) is 0 Å². The van der Waals surface area contributed by atoms with Crippen molar-refractivity contribution in [3.05, 3.63) is 47.5 Å². The number of benzene rings is 1. The number of aromatic nitrogens is 3. The van der Waals surface area contributed by atoms with Gasteiger partial charge in [0.25, 0.3) is 10.0 Å². The summed E-state index contributed by atoms with van der Waals surface area (Å²) in [6, 6.07) is 7.16. The highest BCUT2D eigenvalue weighted by Gasteiger charge is 2.17. The summed E-state index contributed by atoms with van der Waals surface area (Å²) < 4.78 is 27.6. The number of pyridine rings is 1. The summed E-state index contributed by atoms with van der Waals surface area (Å²) in [5, 5.41) is 0.843. The zero-order chi connectivity index (χ0) is 14.2. The van der Waals surface area contributed by atoms with Crippen molar-refractivity contribution in [3.8, 4) is 0 Å². The maximum Gasteiger partial charge on any atom is 0.279 e. The van der Waals surface area contributed by atoms with E-state index < -0.39 is 10.0 Å². The van der Waals surface area contributed by atoms with Crippen LogP contribution < -0.4 is 4.72 Å². The molecule has 102 valence electrons. The molecular weight excluding hydrogens is 344 g/mol. The Balaban J connectivity index is 2.08. The molecule has 1 aromatic carbocycles. The number of rotatable bonds is 3. The molecule has 0 aliphatic heterocycles. The highest BCUT2D eigenvalue weighted by atomic mass is 79.9. The Hall–Kier alpha value is -1.93. The van der Waals surface area contributed by atoms with Gasteiger partial charge in [-0.1, -0.05) is 12.1 Å². The summed E-state index contributed by atoms with van der Waals surface area (Å²) in [5.74, 6) is 0. The van der Waals surface area contributed by atoms with Crippen LogP contribution in [0.4, 0.5) is 5.69 Å². The van der Waals surface area contributed by atoms with Crippen LogP contribution in [-0.2, 0) is 10.0 Å². The molecule has 0 aliphatic carbocycles. The number of halogens is 1. The van der Waals surface area contributed by atoms with Gasteiger partial charge in [0.05, 0.1) is 23.7 Å². The Morgan fingerprint density at radius 2 is 2.10 bits per heavy atom. The molecule has 0 saturated carbocycles. The maximum atomic E-state index is 12.2. The monoisotopic (exact) mass is 352 g/mol. The summed E-state index contributed by atoms with van der Waals surface area (Å²) >= 11 is 3.34. The third-order valence-corrected chi connectivity index (χ3v) is 4.41. The molecule has 3 aromatic rings. The SMILES string of the molecule is O=S(=O)(Nc1cccc2cc(Br)cnc12)c1cnc[nH]1. The fraction of sp³-hybridized carbons (Fsp3) is 0. The van der Waals surface area contributed by atoms with Gasteiger partial charge < -0.3 is 4.98 Å². The highest BCUT2D eigenvalue weighted by Crippen LogP contribution is 2.25. The number of hydrogen-bond acceptors (Lipinski definition) is 4. The smallest absolute Gasteiger partial charge is 0.279 e. The molecule has 0 saturated heterocycles. The largest absolute Gasteiger partial charge is 0.334 e. The minimum atomic E-state index is -3.69. The van der Waals surface area contributed by atoms with Crippen molar-refractivity contribution in [2.45, 2.75) is 5.03 Å². The molecule has 2 heterocycles. The molecule has 8 heteroatoms. The Morgan fingerprint density at radius 3 is 2.85 bits per heavy atom.